The lowest BCUT2D eigenvalue weighted by Crippen LogP contribution is -2.30. The summed E-state index contributed by atoms with van der Waals surface area (Å²) in [4.78, 5) is 12.8. The Morgan fingerprint density at radius 2 is 1.66 bits per heavy atom. The summed E-state index contributed by atoms with van der Waals surface area (Å²) < 4.78 is 33.2. The van der Waals surface area contributed by atoms with Crippen molar-refractivity contribution < 1.29 is 17.6 Å². The summed E-state index contributed by atoms with van der Waals surface area (Å²) in [6, 6.07) is 20.9. The highest BCUT2D eigenvalue weighted by atomic mass is 32.2. The Balaban J connectivity index is 1.46. The number of amides is 1. The van der Waals surface area contributed by atoms with Crippen LogP contribution in [0.3, 0.4) is 0 Å². The van der Waals surface area contributed by atoms with Crippen molar-refractivity contribution in [1.82, 2.24) is 14.5 Å². The Morgan fingerprint density at radius 1 is 0.943 bits per heavy atom. The molecule has 180 valence electrons. The van der Waals surface area contributed by atoms with Crippen LogP contribution in [0.1, 0.15) is 34.0 Å². The zero-order valence-corrected chi connectivity index (χ0v) is 20.5. The second-order valence-electron chi connectivity index (χ2n) is 8.11. The molecule has 0 unspecified atom stereocenters. The van der Waals surface area contributed by atoms with Gasteiger partial charge in [0.1, 0.15) is 0 Å². The van der Waals surface area contributed by atoms with Crippen LogP contribution in [0.4, 0.5) is 6.01 Å². The number of aromatic nitrogens is 2. The second kappa shape index (κ2) is 10.2. The van der Waals surface area contributed by atoms with Gasteiger partial charge in [0.2, 0.25) is 15.9 Å². The van der Waals surface area contributed by atoms with Crippen LogP contribution in [0.25, 0.3) is 11.5 Å². The molecule has 1 N–H and O–H groups in total. The maximum absolute atomic E-state index is 13.1. The van der Waals surface area contributed by atoms with E-state index in [1.54, 1.807) is 6.92 Å². The van der Waals surface area contributed by atoms with E-state index in [1.165, 1.54) is 28.6 Å². The molecule has 1 heterocycles. The molecule has 4 rings (SSSR count). The van der Waals surface area contributed by atoms with Crippen LogP contribution < -0.4 is 5.32 Å². The number of carbonyl (C=O) groups is 1. The first kappa shape index (κ1) is 24.3. The first-order valence-electron chi connectivity index (χ1n) is 11.1. The van der Waals surface area contributed by atoms with Crippen LogP contribution >= 0.6 is 0 Å². The third kappa shape index (κ3) is 5.47. The van der Waals surface area contributed by atoms with Gasteiger partial charge in [-0.05, 0) is 66.9 Å². The number of hydrogen-bond acceptors (Lipinski definition) is 6. The van der Waals surface area contributed by atoms with Crippen molar-refractivity contribution in [3.05, 3.63) is 95.1 Å². The van der Waals surface area contributed by atoms with Crippen LogP contribution in [-0.2, 0) is 16.6 Å². The van der Waals surface area contributed by atoms with Gasteiger partial charge in [-0.25, -0.2) is 8.42 Å². The zero-order valence-electron chi connectivity index (χ0n) is 19.7. The van der Waals surface area contributed by atoms with Crippen molar-refractivity contribution in [1.29, 1.82) is 0 Å². The van der Waals surface area contributed by atoms with Gasteiger partial charge in [0, 0.05) is 24.2 Å². The SMILES string of the molecule is CCN(Cc1ccccc1)S(=O)(=O)c1ccc(C(=O)Nc2nnc(-c3ccc(C)c(C)c3)o2)cc1. The van der Waals surface area contributed by atoms with Crippen molar-refractivity contribution in [2.75, 3.05) is 11.9 Å². The van der Waals surface area contributed by atoms with Gasteiger partial charge in [-0.15, -0.1) is 5.10 Å². The van der Waals surface area contributed by atoms with Gasteiger partial charge in [-0.2, -0.15) is 4.31 Å². The predicted molar refractivity (Wildman–Crippen MR) is 133 cm³/mol. The average Bonchev–Trinajstić information content (AvgIpc) is 3.33. The molecule has 0 saturated heterocycles. The summed E-state index contributed by atoms with van der Waals surface area (Å²) in [6.45, 7) is 6.38. The molecule has 0 atom stereocenters. The van der Waals surface area contributed by atoms with E-state index >= 15 is 0 Å². The number of rotatable bonds is 8. The molecule has 0 aliphatic rings. The Kier molecular flexibility index (Phi) is 7.09. The molecule has 0 spiro atoms. The molecular formula is C26H26N4O4S. The fraction of sp³-hybridized carbons (Fsp3) is 0.192. The molecule has 1 amide bonds. The highest BCUT2D eigenvalue weighted by molar-refractivity contribution is 7.89. The monoisotopic (exact) mass is 490 g/mol. The third-order valence-electron chi connectivity index (χ3n) is 5.71. The van der Waals surface area contributed by atoms with E-state index in [9.17, 15) is 13.2 Å². The van der Waals surface area contributed by atoms with Gasteiger partial charge >= 0.3 is 6.01 Å². The van der Waals surface area contributed by atoms with Gasteiger partial charge in [0.25, 0.3) is 5.91 Å². The summed E-state index contributed by atoms with van der Waals surface area (Å²) in [6.07, 6.45) is 0. The second-order valence-corrected chi connectivity index (χ2v) is 10.0. The minimum Gasteiger partial charge on any atom is -0.403 e. The van der Waals surface area contributed by atoms with Gasteiger partial charge in [-0.3, -0.25) is 10.1 Å². The molecule has 4 aromatic rings. The lowest BCUT2D eigenvalue weighted by molar-refractivity contribution is 0.102. The smallest absolute Gasteiger partial charge is 0.322 e. The van der Waals surface area contributed by atoms with Gasteiger partial charge in [-0.1, -0.05) is 48.4 Å². The minimum absolute atomic E-state index is 0.0417. The number of aryl methyl sites for hydroxylation is 2. The molecule has 35 heavy (non-hydrogen) atoms. The molecule has 1 aromatic heterocycles. The van der Waals surface area contributed by atoms with Gasteiger partial charge in [0.05, 0.1) is 4.90 Å². The van der Waals surface area contributed by atoms with Crippen molar-refractivity contribution >= 4 is 21.9 Å². The molecule has 8 nitrogen and oxygen atoms in total. The van der Waals surface area contributed by atoms with Gasteiger partial charge in [0.15, 0.2) is 0 Å². The van der Waals surface area contributed by atoms with Crippen LogP contribution in [0.5, 0.6) is 0 Å². The molecular weight excluding hydrogens is 464 g/mol. The van der Waals surface area contributed by atoms with E-state index in [0.29, 0.717) is 12.4 Å². The molecule has 3 aromatic carbocycles. The number of anilines is 1. The first-order valence-corrected chi connectivity index (χ1v) is 12.6. The highest BCUT2D eigenvalue weighted by Gasteiger charge is 2.24. The Hall–Kier alpha value is -3.82. The maximum atomic E-state index is 13.1. The van der Waals surface area contributed by atoms with Crippen molar-refractivity contribution in [3.63, 3.8) is 0 Å². The van der Waals surface area contributed by atoms with E-state index in [2.05, 4.69) is 15.5 Å². The summed E-state index contributed by atoms with van der Waals surface area (Å²) in [7, 11) is -3.72. The molecule has 9 heteroatoms. The standard InChI is InChI=1S/C26H26N4O4S/c1-4-30(17-20-8-6-5-7-9-20)35(32,33)23-14-12-21(13-15-23)24(31)27-26-29-28-25(34-26)22-11-10-18(2)19(3)16-22/h5-16H,4,17H2,1-3H3,(H,27,29,31). The quantitative estimate of drug-likeness (QED) is 0.380. The summed E-state index contributed by atoms with van der Waals surface area (Å²) in [5.41, 5.74) is 4.15. The molecule has 0 aliphatic heterocycles. The molecule has 0 aliphatic carbocycles. The zero-order chi connectivity index (χ0) is 25.0. The van der Waals surface area contributed by atoms with E-state index in [-0.39, 0.29) is 23.0 Å². The molecule has 0 bridgehead atoms. The molecule has 0 fully saturated rings. The van der Waals surface area contributed by atoms with Crippen LogP contribution in [0, 0.1) is 13.8 Å². The number of hydrogen-bond donors (Lipinski definition) is 1. The molecule has 0 saturated carbocycles. The fourth-order valence-corrected chi connectivity index (χ4v) is 4.95. The minimum atomic E-state index is -3.72. The number of nitrogens with one attached hydrogen (secondary N) is 1. The van der Waals surface area contributed by atoms with E-state index in [1.807, 2.05) is 62.4 Å². The van der Waals surface area contributed by atoms with Crippen molar-refractivity contribution in [2.45, 2.75) is 32.2 Å². The topological polar surface area (TPSA) is 105 Å². The van der Waals surface area contributed by atoms with E-state index in [4.69, 9.17) is 4.42 Å². The van der Waals surface area contributed by atoms with E-state index in [0.717, 1.165) is 22.3 Å². The lowest BCUT2D eigenvalue weighted by Gasteiger charge is -2.20. The van der Waals surface area contributed by atoms with Crippen LogP contribution in [-0.4, -0.2) is 35.4 Å². The Labute approximate surface area is 204 Å². The summed E-state index contributed by atoms with van der Waals surface area (Å²) in [5, 5.41) is 10.4. The Bertz CT molecular complexity index is 1430. The number of sulfonamides is 1. The average molecular weight is 491 g/mol. The number of carbonyl (C=O) groups excluding carboxylic acids is 1. The van der Waals surface area contributed by atoms with Crippen molar-refractivity contribution in [3.8, 4) is 11.5 Å². The van der Waals surface area contributed by atoms with Crippen LogP contribution in [0.15, 0.2) is 82.1 Å². The maximum Gasteiger partial charge on any atom is 0.322 e. The number of nitrogens with zero attached hydrogens (tertiary/aromatic N) is 3. The third-order valence-corrected chi connectivity index (χ3v) is 7.64. The first-order chi connectivity index (χ1) is 16.8. The lowest BCUT2D eigenvalue weighted by atomic mass is 10.1. The predicted octanol–water partition coefficient (Wildman–Crippen LogP) is 4.82. The highest BCUT2D eigenvalue weighted by Crippen LogP contribution is 2.23. The molecule has 0 radical (unpaired) electrons. The Morgan fingerprint density at radius 3 is 2.31 bits per heavy atom. The fourth-order valence-electron chi connectivity index (χ4n) is 3.52. The summed E-state index contributed by atoms with van der Waals surface area (Å²) >= 11 is 0. The number of benzene rings is 3. The van der Waals surface area contributed by atoms with Crippen molar-refractivity contribution in [2.24, 2.45) is 0 Å². The van der Waals surface area contributed by atoms with Gasteiger partial charge < -0.3 is 4.42 Å². The largest absolute Gasteiger partial charge is 0.403 e. The van der Waals surface area contributed by atoms with Crippen LogP contribution in [0.2, 0.25) is 0 Å². The van der Waals surface area contributed by atoms with E-state index < -0.39 is 15.9 Å². The normalized spacial score (nSPS) is 11.5. The summed E-state index contributed by atoms with van der Waals surface area (Å²) in [5.74, 6) is -0.191.